The molecule has 2 rings (SSSR count). The molecular formula is C15H13BrN2O4S. The molecule has 2 aromatic carbocycles. The molecule has 1 amide bonds. The van der Waals surface area contributed by atoms with Crippen LogP contribution in [-0.4, -0.2) is 19.5 Å². The Morgan fingerprint density at radius 2 is 1.65 bits per heavy atom. The van der Waals surface area contributed by atoms with E-state index in [9.17, 15) is 13.2 Å². The molecule has 0 radical (unpaired) electrons. The highest BCUT2D eigenvalue weighted by Crippen LogP contribution is 2.19. The Bertz CT molecular complexity index is 816. The number of sulfonamides is 1. The summed E-state index contributed by atoms with van der Waals surface area (Å²) >= 11 is 3.28. The molecule has 0 bridgehead atoms. The second-order valence-electron chi connectivity index (χ2n) is 4.49. The molecule has 0 aliphatic heterocycles. The highest BCUT2D eigenvalue weighted by molar-refractivity contribution is 9.10. The molecule has 23 heavy (non-hydrogen) atoms. The van der Waals surface area contributed by atoms with Gasteiger partial charge in [0.1, 0.15) is 0 Å². The number of rotatable bonds is 5. The van der Waals surface area contributed by atoms with Gasteiger partial charge in [-0.25, -0.2) is 13.9 Å². The third-order valence-corrected chi connectivity index (χ3v) is 4.75. The molecule has 0 saturated heterocycles. The Kier molecular flexibility index (Phi) is 5.54. The number of anilines is 1. The van der Waals surface area contributed by atoms with Gasteiger partial charge in [-0.3, -0.25) is 14.7 Å². The van der Waals surface area contributed by atoms with E-state index >= 15 is 0 Å². The SMILES string of the molecule is O=C(C=Cc1ccc(S(=O)(=O)Nc2ccc(Br)cc2)cc1)NO. The number of amides is 1. The van der Waals surface area contributed by atoms with Crippen molar-refractivity contribution in [3.8, 4) is 0 Å². The van der Waals surface area contributed by atoms with Crippen LogP contribution in [0.1, 0.15) is 5.56 Å². The lowest BCUT2D eigenvalue weighted by Gasteiger charge is -2.08. The highest BCUT2D eigenvalue weighted by atomic mass is 79.9. The van der Waals surface area contributed by atoms with Crippen molar-refractivity contribution in [3.63, 3.8) is 0 Å². The van der Waals surface area contributed by atoms with Crippen LogP contribution in [0.15, 0.2) is 64.0 Å². The van der Waals surface area contributed by atoms with E-state index in [0.29, 0.717) is 11.3 Å². The van der Waals surface area contributed by atoms with Crippen LogP contribution in [0.3, 0.4) is 0 Å². The van der Waals surface area contributed by atoms with Gasteiger partial charge >= 0.3 is 0 Å². The molecule has 0 atom stereocenters. The second kappa shape index (κ2) is 7.40. The minimum Gasteiger partial charge on any atom is -0.288 e. The van der Waals surface area contributed by atoms with Crippen molar-refractivity contribution in [2.45, 2.75) is 4.90 Å². The third-order valence-electron chi connectivity index (χ3n) is 2.82. The zero-order valence-electron chi connectivity index (χ0n) is 11.7. The molecule has 0 aliphatic rings. The molecule has 0 aliphatic carbocycles. The van der Waals surface area contributed by atoms with Gasteiger partial charge in [-0.15, -0.1) is 0 Å². The maximum absolute atomic E-state index is 12.3. The Labute approximate surface area is 142 Å². The van der Waals surface area contributed by atoms with Crippen molar-refractivity contribution in [2.24, 2.45) is 0 Å². The number of carbonyl (C=O) groups is 1. The summed E-state index contributed by atoms with van der Waals surface area (Å²) in [6.07, 6.45) is 2.58. The van der Waals surface area contributed by atoms with E-state index < -0.39 is 15.9 Å². The third kappa shape index (κ3) is 4.92. The van der Waals surface area contributed by atoms with Gasteiger partial charge < -0.3 is 0 Å². The first-order valence-electron chi connectivity index (χ1n) is 6.41. The Morgan fingerprint density at radius 1 is 1.04 bits per heavy atom. The van der Waals surface area contributed by atoms with Gasteiger partial charge in [-0.05, 0) is 48.0 Å². The van der Waals surface area contributed by atoms with Crippen molar-refractivity contribution in [2.75, 3.05) is 4.72 Å². The number of nitrogens with one attached hydrogen (secondary N) is 2. The predicted octanol–water partition coefficient (Wildman–Crippen LogP) is 2.77. The molecule has 0 saturated carbocycles. The van der Waals surface area contributed by atoms with Gasteiger partial charge in [0.15, 0.2) is 0 Å². The van der Waals surface area contributed by atoms with Crippen LogP contribution in [-0.2, 0) is 14.8 Å². The van der Waals surface area contributed by atoms with Crippen LogP contribution in [0.2, 0.25) is 0 Å². The first kappa shape index (κ1) is 17.2. The van der Waals surface area contributed by atoms with Crippen LogP contribution in [0.5, 0.6) is 0 Å². The lowest BCUT2D eigenvalue weighted by Crippen LogP contribution is -2.14. The molecule has 0 heterocycles. The standard InChI is InChI=1S/C15H13BrN2O4S/c16-12-4-6-13(7-5-12)18-23(21,22)14-8-1-11(2-9-14)3-10-15(19)17-20/h1-10,18,20H,(H,17,19). The molecule has 120 valence electrons. The lowest BCUT2D eigenvalue weighted by molar-refractivity contribution is -0.124. The maximum Gasteiger partial charge on any atom is 0.267 e. The molecule has 0 spiro atoms. The summed E-state index contributed by atoms with van der Waals surface area (Å²) in [5.41, 5.74) is 2.54. The normalized spacial score (nSPS) is 11.4. The van der Waals surface area contributed by atoms with E-state index in [0.717, 1.165) is 10.5 Å². The fourth-order valence-corrected chi connectivity index (χ4v) is 3.02. The van der Waals surface area contributed by atoms with Crippen LogP contribution >= 0.6 is 15.9 Å². The van der Waals surface area contributed by atoms with E-state index in [1.54, 1.807) is 36.4 Å². The van der Waals surface area contributed by atoms with Gasteiger partial charge in [0.05, 0.1) is 4.90 Å². The smallest absolute Gasteiger partial charge is 0.267 e. The van der Waals surface area contributed by atoms with Crippen molar-refractivity contribution in [3.05, 3.63) is 64.6 Å². The number of hydroxylamine groups is 1. The summed E-state index contributed by atoms with van der Waals surface area (Å²) < 4.78 is 27.9. The Balaban J connectivity index is 2.15. The number of carbonyl (C=O) groups excluding carboxylic acids is 1. The molecular weight excluding hydrogens is 384 g/mol. The summed E-state index contributed by atoms with van der Waals surface area (Å²) in [5.74, 6) is -0.668. The second-order valence-corrected chi connectivity index (χ2v) is 7.09. The van der Waals surface area contributed by atoms with Crippen molar-refractivity contribution in [1.82, 2.24) is 5.48 Å². The van der Waals surface area contributed by atoms with E-state index in [-0.39, 0.29) is 4.90 Å². The first-order chi connectivity index (χ1) is 10.9. The minimum absolute atomic E-state index is 0.101. The van der Waals surface area contributed by atoms with Crippen LogP contribution in [0.4, 0.5) is 5.69 Å². The summed E-state index contributed by atoms with van der Waals surface area (Å²) in [6, 6.07) is 12.7. The average molecular weight is 397 g/mol. The molecule has 2 aromatic rings. The van der Waals surface area contributed by atoms with Gasteiger partial charge in [-0.2, -0.15) is 0 Å². The van der Waals surface area contributed by atoms with E-state index in [4.69, 9.17) is 5.21 Å². The molecule has 0 fully saturated rings. The van der Waals surface area contributed by atoms with Crippen LogP contribution < -0.4 is 10.2 Å². The van der Waals surface area contributed by atoms with Gasteiger partial charge in [0, 0.05) is 16.2 Å². The van der Waals surface area contributed by atoms with Gasteiger partial charge in [-0.1, -0.05) is 28.1 Å². The summed E-state index contributed by atoms with van der Waals surface area (Å²) in [6.45, 7) is 0. The molecule has 6 nitrogen and oxygen atoms in total. The summed E-state index contributed by atoms with van der Waals surface area (Å²) in [7, 11) is -3.69. The number of hydrogen-bond donors (Lipinski definition) is 3. The monoisotopic (exact) mass is 396 g/mol. The van der Waals surface area contributed by atoms with Gasteiger partial charge in [0.25, 0.3) is 15.9 Å². The molecule has 8 heteroatoms. The van der Waals surface area contributed by atoms with Crippen molar-refractivity contribution < 1.29 is 18.4 Å². The average Bonchev–Trinajstić information content (AvgIpc) is 2.55. The summed E-state index contributed by atoms with van der Waals surface area (Å²) in [4.78, 5) is 11.0. The largest absolute Gasteiger partial charge is 0.288 e. The first-order valence-corrected chi connectivity index (χ1v) is 8.69. The zero-order valence-corrected chi connectivity index (χ0v) is 14.1. The maximum atomic E-state index is 12.3. The van der Waals surface area contributed by atoms with E-state index in [1.807, 2.05) is 0 Å². The Morgan fingerprint density at radius 3 is 2.22 bits per heavy atom. The number of halogens is 1. The topological polar surface area (TPSA) is 95.5 Å². The number of hydrogen-bond acceptors (Lipinski definition) is 4. The minimum atomic E-state index is -3.69. The molecule has 0 aromatic heterocycles. The fraction of sp³-hybridized carbons (Fsp3) is 0. The summed E-state index contributed by atoms with van der Waals surface area (Å²) in [5, 5.41) is 8.38. The van der Waals surface area contributed by atoms with Crippen LogP contribution in [0, 0.1) is 0 Å². The predicted molar refractivity (Wildman–Crippen MR) is 90.4 cm³/mol. The van der Waals surface area contributed by atoms with Crippen molar-refractivity contribution in [1.29, 1.82) is 0 Å². The number of benzene rings is 2. The highest BCUT2D eigenvalue weighted by Gasteiger charge is 2.13. The molecule has 3 N–H and O–H groups in total. The van der Waals surface area contributed by atoms with E-state index in [1.165, 1.54) is 23.7 Å². The van der Waals surface area contributed by atoms with Gasteiger partial charge in [0.2, 0.25) is 0 Å². The van der Waals surface area contributed by atoms with Crippen molar-refractivity contribution >= 4 is 43.6 Å². The lowest BCUT2D eigenvalue weighted by atomic mass is 10.2. The quantitative estimate of drug-likeness (QED) is 0.411. The van der Waals surface area contributed by atoms with Crippen LogP contribution in [0.25, 0.3) is 6.08 Å². The van der Waals surface area contributed by atoms with E-state index in [2.05, 4.69) is 20.7 Å². The molecule has 0 unspecified atom stereocenters. The Hall–Kier alpha value is -2.16. The zero-order chi connectivity index (χ0) is 16.9. The fourth-order valence-electron chi connectivity index (χ4n) is 1.70.